The van der Waals surface area contributed by atoms with Crippen molar-refractivity contribution >= 4 is 38.9 Å². The summed E-state index contributed by atoms with van der Waals surface area (Å²) in [5.74, 6) is 1.12. The molecule has 178 valence electrons. The Morgan fingerprint density at radius 2 is 1.68 bits per heavy atom. The molecule has 4 rings (SSSR count). The summed E-state index contributed by atoms with van der Waals surface area (Å²) in [5.41, 5.74) is 0.703. The number of nitrogens with one attached hydrogen (secondary N) is 1. The standard InChI is InChI=1S/C23H21ClN2O7S/c1-30-19-10-8-18(12-21(19)31-2)34(28,29)26(17-6-3-15(24)4-7-17)13-23(27)25-16-5-9-20-22(11-16)33-14-32-20/h3-12H,13-14H2,1-2H3,(H,25,27). The van der Waals surface area contributed by atoms with Gasteiger partial charge in [-0.1, -0.05) is 11.6 Å². The average Bonchev–Trinajstić information content (AvgIpc) is 3.30. The maximum atomic E-state index is 13.6. The van der Waals surface area contributed by atoms with Crippen molar-refractivity contribution in [1.29, 1.82) is 0 Å². The Balaban J connectivity index is 1.65. The zero-order valence-corrected chi connectivity index (χ0v) is 19.9. The third kappa shape index (κ3) is 4.82. The zero-order valence-electron chi connectivity index (χ0n) is 18.3. The number of sulfonamides is 1. The van der Waals surface area contributed by atoms with Crippen LogP contribution in [-0.2, 0) is 14.8 Å². The van der Waals surface area contributed by atoms with Crippen molar-refractivity contribution in [2.45, 2.75) is 4.90 Å². The van der Waals surface area contributed by atoms with Gasteiger partial charge in [-0.15, -0.1) is 0 Å². The fourth-order valence-corrected chi connectivity index (χ4v) is 4.89. The molecule has 1 N–H and O–H groups in total. The Labute approximate surface area is 201 Å². The monoisotopic (exact) mass is 504 g/mol. The van der Waals surface area contributed by atoms with Gasteiger partial charge in [-0.2, -0.15) is 0 Å². The van der Waals surface area contributed by atoms with E-state index in [4.69, 9.17) is 30.5 Å². The van der Waals surface area contributed by atoms with Crippen LogP contribution in [0.15, 0.2) is 65.6 Å². The van der Waals surface area contributed by atoms with Gasteiger partial charge in [0.1, 0.15) is 6.54 Å². The van der Waals surface area contributed by atoms with Gasteiger partial charge < -0.3 is 24.3 Å². The number of carbonyl (C=O) groups excluding carboxylic acids is 1. The molecule has 11 heteroatoms. The molecule has 1 heterocycles. The number of benzene rings is 3. The molecule has 1 aliphatic heterocycles. The van der Waals surface area contributed by atoms with Crippen LogP contribution in [0.3, 0.4) is 0 Å². The molecule has 34 heavy (non-hydrogen) atoms. The van der Waals surface area contributed by atoms with Crippen LogP contribution in [0.4, 0.5) is 11.4 Å². The first-order valence-electron chi connectivity index (χ1n) is 10.0. The number of amides is 1. The third-order valence-corrected chi connectivity index (χ3v) is 7.02. The van der Waals surface area contributed by atoms with Crippen LogP contribution >= 0.6 is 11.6 Å². The quantitative estimate of drug-likeness (QED) is 0.496. The van der Waals surface area contributed by atoms with Crippen molar-refractivity contribution < 1.29 is 32.2 Å². The van der Waals surface area contributed by atoms with Crippen molar-refractivity contribution in [3.05, 3.63) is 65.7 Å². The SMILES string of the molecule is COc1ccc(S(=O)(=O)N(CC(=O)Nc2ccc3c(c2)OCO3)c2ccc(Cl)cc2)cc1OC. The highest BCUT2D eigenvalue weighted by molar-refractivity contribution is 7.92. The lowest BCUT2D eigenvalue weighted by atomic mass is 10.2. The number of hydrogen-bond acceptors (Lipinski definition) is 7. The first-order chi connectivity index (χ1) is 16.3. The van der Waals surface area contributed by atoms with Crippen LogP contribution < -0.4 is 28.6 Å². The van der Waals surface area contributed by atoms with Gasteiger partial charge in [0.05, 0.1) is 24.8 Å². The molecule has 1 amide bonds. The lowest BCUT2D eigenvalue weighted by Crippen LogP contribution is -2.38. The number of fused-ring (bicyclic) bond motifs is 1. The number of carbonyl (C=O) groups is 1. The van der Waals surface area contributed by atoms with E-state index in [0.717, 1.165) is 4.31 Å². The minimum Gasteiger partial charge on any atom is -0.493 e. The number of nitrogens with zero attached hydrogens (tertiary/aromatic N) is 1. The van der Waals surface area contributed by atoms with E-state index in [1.807, 2.05) is 0 Å². The van der Waals surface area contributed by atoms with Gasteiger partial charge in [0, 0.05) is 22.8 Å². The molecule has 1 aliphatic rings. The van der Waals surface area contributed by atoms with E-state index in [1.165, 1.54) is 44.6 Å². The van der Waals surface area contributed by atoms with Gasteiger partial charge >= 0.3 is 0 Å². The third-order valence-electron chi connectivity index (χ3n) is 5.00. The van der Waals surface area contributed by atoms with E-state index >= 15 is 0 Å². The lowest BCUT2D eigenvalue weighted by Gasteiger charge is -2.24. The normalized spacial score (nSPS) is 12.2. The summed E-state index contributed by atoms with van der Waals surface area (Å²) in [5, 5.41) is 3.12. The first kappa shape index (κ1) is 23.5. The molecule has 3 aromatic carbocycles. The number of hydrogen-bond donors (Lipinski definition) is 1. The van der Waals surface area contributed by atoms with Crippen LogP contribution in [0, 0.1) is 0 Å². The number of anilines is 2. The zero-order chi connectivity index (χ0) is 24.3. The predicted octanol–water partition coefficient (Wildman–Crippen LogP) is 3.92. The molecular weight excluding hydrogens is 484 g/mol. The minimum atomic E-state index is -4.17. The molecule has 3 aromatic rings. The lowest BCUT2D eigenvalue weighted by molar-refractivity contribution is -0.114. The highest BCUT2D eigenvalue weighted by atomic mass is 35.5. The minimum absolute atomic E-state index is 0.0732. The van der Waals surface area contributed by atoms with E-state index < -0.39 is 22.5 Å². The molecule has 0 saturated carbocycles. The summed E-state index contributed by atoms with van der Waals surface area (Å²) >= 11 is 5.98. The van der Waals surface area contributed by atoms with E-state index in [9.17, 15) is 13.2 Å². The maximum Gasteiger partial charge on any atom is 0.264 e. The van der Waals surface area contributed by atoms with Crippen molar-refractivity contribution in [1.82, 2.24) is 0 Å². The number of ether oxygens (including phenoxy) is 4. The largest absolute Gasteiger partial charge is 0.493 e. The molecule has 0 unspecified atom stereocenters. The Kier molecular flexibility index (Phi) is 6.71. The molecule has 0 saturated heterocycles. The van der Waals surface area contributed by atoms with E-state index in [-0.39, 0.29) is 23.1 Å². The molecule has 0 atom stereocenters. The van der Waals surface area contributed by atoms with E-state index in [1.54, 1.807) is 30.3 Å². The summed E-state index contributed by atoms with van der Waals surface area (Å²) in [7, 11) is -1.31. The summed E-state index contributed by atoms with van der Waals surface area (Å²) in [6, 6.07) is 15.3. The number of halogens is 1. The van der Waals surface area contributed by atoms with Gasteiger partial charge in [0.2, 0.25) is 12.7 Å². The number of methoxy groups -OCH3 is 2. The van der Waals surface area contributed by atoms with Crippen LogP contribution in [0.5, 0.6) is 23.0 Å². The molecule has 0 radical (unpaired) electrons. The van der Waals surface area contributed by atoms with Gasteiger partial charge in [0.15, 0.2) is 23.0 Å². The van der Waals surface area contributed by atoms with Gasteiger partial charge in [-0.3, -0.25) is 9.10 Å². The molecule has 9 nitrogen and oxygen atoms in total. The molecule has 0 aromatic heterocycles. The maximum absolute atomic E-state index is 13.6. The molecule has 0 spiro atoms. The summed E-state index contributed by atoms with van der Waals surface area (Å²) < 4.78 is 49.2. The highest BCUT2D eigenvalue weighted by Gasteiger charge is 2.28. The Morgan fingerprint density at radius 3 is 2.38 bits per heavy atom. The molecule has 0 bridgehead atoms. The molecule has 0 aliphatic carbocycles. The Hall–Kier alpha value is -3.63. The van der Waals surface area contributed by atoms with Crippen LogP contribution in [0.1, 0.15) is 0 Å². The fraction of sp³-hybridized carbons (Fsp3) is 0.174. The van der Waals surface area contributed by atoms with Crippen molar-refractivity contribution in [2.75, 3.05) is 37.2 Å². The summed E-state index contributed by atoms with van der Waals surface area (Å²) in [4.78, 5) is 12.8. The smallest absolute Gasteiger partial charge is 0.264 e. The summed E-state index contributed by atoms with van der Waals surface area (Å²) in [6.07, 6.45) is 0. The Morgan fingerprint density at radius 1 is 0.971 bits per heavy atom. The second-order valence-corrected chi connectivity index (χ2v) is 9.42. The highest BCUT2D eigenvalue weighted by Crippen LogP contribution is 2.35. The van der Waals surface area contributed by atoms with Crippen LogP contribution in [0.25, 0.3) is 0 Å². The summed E-state index contributed by atoms with van der Waals surface area (Å²) in [6.45, 7) is -0.395. The second-order valence-electron chi connectivity index (χ2n) is 7.12. The van der Waals surface area contributed by atoms with Gasteiger partial charge in [0.25, 0.3) is 10.0 Å². The first-order valence-corrected chi connectivity index (χ1v) is 11.8. The average molecular weight is 505 g/mol. The van der Waals surface area contributed by atoms with Crippen molar-refractivity contribution in [3.8, 4) is 23.0 Å². The Bertz CT molecular complexity index is 1310. The fourth-order valence-electron chi connectivity index (χ4n) is 3.33. The number of rotatable bonds is 8. The van der Waals surface area contributed by atoms with E-state index in [0.29, 0.717) is 28.0 Å². The predicted molar refractivity (Wildman–Crippen MR) is 127 cm³/mol. The second kappa shape index (κ2) is 9.70. The molecule has 0 fully saturated rings. The molecular formula is C23H21ClN2O7S. The van der Waals surface area contributed by atoms with Crippen molar-refractivity contribution in [2.24, 2.45) is 0 Å². The van der Waals surface area contributed by atoms with Crippen LogP contribution in [-0.4, -0.2) is 41.9 Å². The topological polar surface area (TPSA) is 103 Å². The van der Waals surface area contributed by atoms with Crippen molar-refractivity contribution in [3.63, 3.8) is 0 Å². The van der Waals surface area contributed by atoms with E-state index in [2.05, 4.69) is 5.32 Å². The van der Waals surface area contributed by atoms with Crippen LogP contribution in [0.2, 0.25) is 5.02 Å². The van der Waals surface area contributed by atoms with Gasteiger partial charge in [-0.25, -0.2) is 8.42 Å². The van der Waals surface area contributed by atoms with Gasteiger partial charge in [-0.05, 0) is 48.5 Å².